The molecule has 0 saturated carbocycles. The van der Waals surface area contributed by atoms with E-state index in [9.17, 15) is 18.0 Å². The van der Waals surface area contributed by atoms with Crippen LogP contribution in [-0.2, 0) is 19.3 Å². The first-order chi connectivity index (χ1) is 9.95. The van der Waals surface area contributed by atoms with E-state index >= 15 is 0 Å². The molecule has 0 bridgehead atoms. The van der Waals surface area contributed by atoms with Gasteiger partial charge in [0, 0.05) is 12.1 Å². The summed E-state index contributed by atoms with van der Waals surface area (Å²) in [5.74, 6) is 0.0730. The van der Waals surface area contributed by atoms with E-state index in [1.54, 1.807) is 0 Å². The predicted octanol–water partition coefficient (Wildman–Crippen LogP) is 2.71. The second kappa shape index (κ2) is 5.94. The number of aldehydes is 1. The quantitative estimate of drug-likeness (QED) is 0.797. The van der Waals surface area contributed by atoms with Gasteiger partial charge in [0.15, 0.2) is 5.82 Å². The van der Waals surface area contributed by atoms with E-state index in [1.807, 2.05) is 6.92 Å². The Hall–Kier alpha value is -2.38. The number of aromatic nitrogens is 3. The number of nitrogens with zero attached hydrogens (tertiary/aromatic N) is 3. The molecule has 0 radical (unpaired) electrons. The molecule has 1 aromatic heterocycles. The number of aryl methyl sites for hydroxylation is 1. The van der Waals surface area contributed by atoms with Crippen molar-refractivity contribution in [3.8, 4) is 5.75 Å². The average Bonchev–Trinajstić information content (AvgIpc) is 2.91. The molecule has 1 heterocycles. The van der Waals surface area contributed by atoms with E-state index in [-0.39, 0.29) is 17.9 Å². The van der Waals surface area contributed by atoms with Gasteiger partial charge in [-0.15, -0.1) is 0 Å². The monoisotopic (exact) mass is 299 g/mol. The first kappa shape index (κ1) is 15.0. The molecule has 0 aliphatic carbocycles. The molecule has 0 amide bonds. The molecule has 0 N–H and O–H groups in total. The third-order valence-electron chi connectivity index (χ3n) is 2.80. The molecule has 21 heavy (non-hydrogen) atoms. The van der Waals surface area contributed by atoms with Gasteiger partial charge in [0.2, 0.25) is 0 Å². The smallest absolute Gasteiger partial charge is 0.419 e. The molecule has 0 aliphatic rings. The van der Waals surface area contributed by atoms with E-state index in [4.69, 9.17) is 4.74 Å². The van der Waals surface area contributed by atoms with Crippen molar-refractivity contribution in [2.75, 3.05) is 0 Å². The normalized spacial score (nSPS) is 11.4. The molecule has 0 saturated heterocycles. The van der Waals surface area contributed by atoms with Crippen LogP contribution < -0.4 is 4.74 Å². The fourth-order valence-corrected chi connectivity index (χ4v) is 1.77. The van der Waals surface area contributed by atoms with Crippen molar-refractivity contribution in [2.24, 2.45) is 0 Å². The zero-order valence-electron chi connectivity index (χ0n) is 11.1. The lowest BCUT2D eigenvalue weighted by Gasteiger charge is -2.14. The Bertz CT molecular complexity index is 638. The van der Waals surface area contributed by atoms with Crippen molar-refractivity contribution >= 4 is 6.29 Å². The molecule has 2 rings (SSSR count). The van der Waals surface area contributed by atoms with Crippen LogP contribution in [0.1, 0.15) is 28.7 Å². The molecule has 2 aromatic rings. The SMILES string of the molecule is CCn1ncnc1COc1ccc(C=O)cc1C(F)(F)F. The van der Waals surface area contributed by atoms with Crippen molar-refractivity contribution in [3.63, 3.8) is 0 Å². The fraction of sp³-hybridized carbons (Fsp3) is 0.308. The topological polar surface area (TPSA) is 57.0 Å². The van der Waals surface area contributed by atoms with Crippen LogP contribution in [0.25, 0.3) is 0 Å². The summed E-state index contributed by atoms with van der Waals surface area (Å²) >= 11 is 0. The van der Waals surface area contributed by atoms with Gasteiger partial charge in [-0.2, -0.15) is 18.3 Å². The van der Waals surface area contributed by atoms with Gasteiger partial charge >= 0.3 is 6.18 Å². The third kappa shape index (κ3) is 3.39. The van der Waals surface area contributed by atoms with E-state index < -0.39 is 11.7 Å². The van der Waals surface area contributed by atoms with Crippen LogP contribution in [0.5, 0.6) is 5.75 Å². The summed E-state index contributed by atoms with van der Waals surface area (Å²) in [6.45, 7) is 2.23. The van der Waals surface area contributed by atoms with Gasteiger partial charge in [0.05, 0.1) is 5.56 Å². The van der Waals surface area contributed by atoms with Crippen LogP contribution in [0.15, 0.2) is 24.5 Å². The van der Waals surface area contributed by atoms with Gasteiger partial charge in [0.25, 0.3) is 0 Å². The molecule has 1 aromatic carbocycles. The van der Waals surface area contributed by atoms with Crippen molar-refractivity contribution in [2.45, 2.75) is 26.3 Å². The van der Waals surface area contributed by atoms with Crippen LogP contribution in [0.4, 0.5) is 13.2 Å². The number of halogens is 3. The Kier molecular flexibility index (Phi) is 4.25. The highest BCUT2D eigenvalue weighted by Crippen LogP contribution is 2.36. The largest absolute Gasteiger partial charge is 0.485 e. The lowest BCUT2D eigenvalue weighted by Crippen LogP contribution is -2.12. The maximum Gasteiger partial charge on any atom is 0.419 e. The summed E-state index contributed by atoms with van der Waals surface area (Å²) in [5.41, 5.74) is -1.05. The standard InChI is InChI=1S/C13H12F3N3O2/c1-2-19-12(17-8-18-19)7-21-11-4-3-9(6-20)5-10(11)13(14,15)16/h3-6,8H,2,7H2,1H3. The Labute approximate surface area is 118 Å². The van der Waals surface area contributed by atoms with Crippen LogP contribution in [-0.4, -0.2) is 21.1 Å². The number of benzene rings is 1. The highest BCUT2D eigenvalue weighted by atomic mass is 19.4. The van der Waals surface area contributed by atoms with Crippen LogP contribution >= 0.6 is 0 Å². The minimum Gasteiger partial charge on any atom is -0.485 e. The molecule has 0 atom stereocenters. The van der Waals surface area contributed by atoms with E-state index in [2.05, 4.69) is 10.1 Å². The van der Waals surface area contributed by atoms with Crippen molar-refractivity contribution in [1.82, 2.24) is 14.8 Å². The van der Waals surface area contributed by atoms with Crippen LogP contribution in [0, 0.1) is 0 Å². The highest BCUT2D eigenvalue weighted by molar-refractivity contribution is 5.75. The Morgan fingerprint density at radius 1 is 1.38 bits per heavy atom. The Balaban J connectivity index is 2.25. The first-order valence-corrected chi connectivity index (χ1v) is 6.11. The summed E-state index contributed by atoms with van der Waals surface area (Å²) < 4.78 is 45.6. The van der Waals surface area contributed by atoms with E-state index in [1.165, 1.54) is 17.1 Å². The maximum absolute atomic E-state index is 12.9. The summed E-state index contributed by atoms with van der Waals surface area (Å²) in [6, 6.07) is 3.15. The van der Waals surface area contributed by atoms with Gasteiger partial charge < -0.3 is 4.74 Å². The van der Waals surface area contributed by atoms with Crippen molar-refractivity contribution < 1.29 is 22.7 Å². The number of hydrogen-bond acceptors (Lipinski definition) is 4. The zero-order valence-corrected chi connectivity index (χ0v) is 11.1. The maximum atomic E-state index is 12.9. The second-order valence-corrected chi connectivity index (χ2v) is 4.15. The van der Waals surface area contributed by atoms with Crippen LogP contribution in [0.3, 0.4) is 0 Å². The molecule has 5 nitrogen and oxygen atoms in total. The van der Waals surface area contributed by atoms with E-state index in [0.29, 0.717) is 18.7 Å². The second-order valence-electron chi connectivity index (χ2n) is 4.15. The number of alkyl halides is 3. The zero-order chi connectivity index (χ0) is 15.5. The number of ether oxygens (including phenoxy) is 1. The van der Waals surface area contributed by atoms with Crippen molar-refractivity contribution in [3.05, 3.63) is 41.5 Å². The number of hydrogen-bond donors (Lipinski definition) is 0. The summed E-state index contributed by atoms with van der Waals surface area (Å²) in [7, 11) is 0. The Morgan fingerprint density at radius 3 is 2.76 bits per heavy atom. The molecule has 0 fully saturated rings. The highest BCUT2D eigenvalue weighted by Gasteiger charge is 2.34. The molecule has 0 spiro atoms. The lowest BCUT2D eigenvalue weighted by atomic mass is 10.1. The number of rotatable bonds is 5. The lowest BCUT2D eigenvalue weighted by molar-refractivity contribution is -0.139. The minimum absolute atomic E-state index is 0.0635. The molecular weight excluding hydrogens is 287 g/mol. The molecule has 8 heteroatoms. The predicted molar refractivity (Wildman–Crippen MR) is 66.9 cm³/mol. The summed E-state index contributed by atoms with van der Waals surface area (Å²) in [6.07, 6.45) is -2.94. The molecule has 112 valence electrons. The summed E-state index contributed by atoms with van der Waals surface area (Å²) in [4.78, 5) is 14.5. The van der Waals surface area contributed by atoms with Gasteiger partial charge in [-0.3, -0.25) is 4.79 Å². The first-order valence-electron chi connectivity index (χ1n) is 6.11. The number of carbonyl (C=O) groups excluding carboxylic acids is 1. The van der Waals surface area contributed by atoms with Gasteiger partial charge in [0.1, 0.15) is 25.0 Å². The molecule has 0 unspecified atom stereocenters. The number of carbonyl (C=O) groups is 1. The fourth-order valence-electron chi connectivity index (χ4n) is 1.77. The van der Waals surface area contributed by atoms with Gasteiger partial charge in [-0.1, -0.05) is 0 Å². The van der Waals surface area contributed by atoms with Gasteiger partial charge in [-0.25, -0.2) is 9.67 Å². The average molecular weight is 299 g/mol. The Morgan fingerprint density at radius 2 is 2.14 bits per heavy atom. The summed E-state index contributed by atoms with van der Waals surface area (Å²) in [5, 5.41) is 3.90. The van der Waals surface area contributed by atoms with Crippen molar-refractivity contribution in [1.29, 1.82) is 0 Å². The molecule has 0 aliphatic heterocycles. The van der Waals surface area contributed by atoms with E-state index in [0.717, 1.165) is 12.1 Å². The third-order valence-corrected chi connectivity index (χ3v) is 2.80. The minimum atomic E-state index is -4.60. The van der Waals surface area contributed by atoms with Crippen LogP contribution in [0.2, 0.25) is 0 Å². The molecular formula is C13H12F3N3O2. The van der Waals surface area contributed by atoms with Gasteiger partial charge in [-0.05, 0) is 25.1 Å².